The van der Waals surface area contributed by atoms with Crippen LogP contribution in [-0.2, 0) is 6.54 Å². The second-order valence-electron chi connectivity index (χ2n) is 3.29. The zero-order valence-electron chi connectivity index (χ0n) is 7.68. The molecule has 1 N–H and O–H groups in total. The molecule has 1 saturated heterocycles. The van der Waals surface area contributed by atoms with Crippen LogP contribution < -0.4 is 0 Å². The van der Waals surface area contributed by atoms with Crippen LogP contribution in [0.15, 0.2) is 12.3 Å². The van der Waals surface area contributed by atoms with Crippen molar-refractivity contribution >= 4 is 5.97 Å². The Bertz CT molecular complexity index is 350. The first-order valence-electron chi connectivity index (χ1n) is 4.53. The first-order chi connectivity index (χ1) is 6.75. The van der Waals surface area contributed by atoms with Gasteiger partial charge in [-0.05, 0) is 25.6 Å². The van der Waals surface area contributed by atoms with Crippen molar-refractivity contribution in [2.45, 2.75) is 13.0 Å². The summed E-state index contributed by atoms with van der Waals surface area (Å²) in [6, 6.07) is 1.40. The molecule has 1 aliphatic rings. The van der Waals surface area contributed by atoms with Crippen LogP contribution in [0.1, 0.15) is 22.7 Å². The van der Waals surface area contributed by atoms with Gasteiger partial charge in [-0.15, -0.1) is 0 Å². The highest BCUT2D eigenvalue weighted by Gasteiger charge is 2.15. The number of carbonyl (C=O) groups is 1. The fraction of sp³-hybridized carbons (Fsp3) is 0.444. The highest BCUT2D eigenvalue weighted by molar-refractivity contribution is 5.85. The minimum absolute atomic E-state index is 0.0653. The maximum atomic E-state index is 10.6. The van der Waals surface area contributed by atoms with Crippen LogP contribution in [0.4, 0.5) is 0 Å². The molecule has 5 heteroatoms. The van der Waals surface area contributed by atoms with Crippen molar-refractivity contribution in [1.29, 1.82) is 0 Å². The molecule has 0 bridgehead atoms. The van der Waals surface area contributed by atoms with E-state index in [1.165, 1.54) is 18.7 Å². The van der Waals surface area contributed by atoms with Crippen molar-refractivity contribution in [3.05, 3.63) is 23.8 Å². The molecule has 0 aliphatic carbocycles. The molecule has 74 valence electrons. The van der Waals surface area contributed by atoms with Gasteiger partial charge in [-0.1, -0.05) is 0 Å². The van der Waals surface area contributed by atoms with Crippen molar-refractivity contribution < 1.29 is 9.90 Å². The average molecular weight is 193 g/mol. The van der Waals surface area contributed by atoms with Gasteiger partial charge in [-0.25, -0.2) is 14.8 Å². The summed E-state index contributed by atoms with van der Waals surface area (Å²) in [6.07, 6.45) is 2.70. The molecule has 1 fully saturated rings. The predicted octanol–water partition coefficient (Wildman–Crippen LogP) is 0.381. The van der Waals surface area contributed by atoms with E-state index in [0.717, 1.165) is 13.1 Å². The van der Waals surface area contributed by atoms with Crippen molar-refractivity contribution in [2.75, 3.05) is 13.1 Å². The summed E-state index contributed by atoms with van der Waals surface area (Å²) in [5.41, 5.74) is 0.0653. The van der Waals surface area contributed by atoms with Gasteiger partial charge < -0.3 is 5.11 Å². The van der Waals surface area contributed by atoms with E-state index in [1.54, 1.807) is 0 Å². The molecule has 1 aromatic heterocycles. The number of hydrogen-bond donors (Lipinski definition) is 1. The van der Waals surface area contributed by atoms with E-state index < -0.39 is 5.97 Å². The zero-order chi connectivity index (χ0) is 9.97. The molecule has 0 saturated carbocycles. The fourth-order valence-electron chi connectivity index (χ4n) is 1.33. The molecule has 0 spiro atoms. The molecule has 5 nitrogen and oxygen atoms in total. The average Bonchev–Trinajstić information content (AvgIpc) is 2.12. The first kappa shape index (κ1) is 9.08. The van der Waals surface area contributed by atoms with E-state index in [1.807, 2.05) is 0 Å². The van der Waals surface area contributed by atoms with Gasteiger partial charge in [0.1, 0.15) is 5.82 Å². The normalized spacial score (nSPS) is 16.3. The molecule has 2 rings (SSSR count). The molecule has 0 amide bonds. The Kier molecular flexibility index (Phi) is 2.41. The number of carboxylic acid groups (broad SMARTS) is 1. The quantitative estimate of drug-likeness (QED) is 0.751. The van der Waals surface area contributed by atoms with E-state index >= 15 is 0 Å². The molecule has 0 atom stereocenters. The minimum atomic E-state index is -1.00. The number of hydrogen-bond acceptors (Lipinski definition) is 4. The van der Waals surface area contributed by atoms with Crippen molar-refractivity contribution in [2.24, 2.45) is 0 Å². The third-order valence-corrected chi connectivity index (χ3v) is 2.24. The second kappa shape index (κ2) is 3.71. The van der Waals surface area contributed by atoms with Gasteiger partial charge in [0.05, 0.1) is 6.54 Å². The summed E-state index contributed by atoms with van der Waals surface area (Å²) in [4.78, 5) is 20.8. The highest BCUT2D eigenvalue weighted by Crippen LogP contribution is 2.09. The van der Waals surface area contributed by atoms with Crippen LogP contribution in [0, 0.1) is 0 Å². The fourth-order valence-corrected chi connectivity index (χ4v) is 1.33. The summed E-state index contributed by atoms with van der Waals surface area (Å²) < 4.78 is 0. The van der Waals surface area contributed by atoms with Crippen LogP contribution in [-0.4, -0.2) is 39.0 Å². The lowest BCUT2D eigenvalue weighted by molar-refractivity contribution is 0.0689. The van der Waals surface area contributed by atoms with E-state index in [4.69, 9.17) is 5.11 Å². The van der Waals surface area contributed by atoms with Crippen molar-refractivity contribution in [1.82, 2.24) is 14.9 Å². The molecule has 14 heavy (non-hydrogen) atoms. The Morgan fingerprint density at radius 2 is 2.36 bits per heavy atom. The van der Waals surface area contributed by atoms with Crippen LogP contribution in [0.5, 0.6) is 0 Å². The van der Waals surface area contributed by atoms with Crippen LogP contribution in [0.2, 0.25) is 0 Å². The number of carboxylic acids is 1. The first-order valence-corrected chi connectivity index (χ1v) is 4.53. The SMILES string of the molecule is O=C(O)c1ccnc(CN2CCC2)n1. The van der Waals surface area contributed by atoms with E-state index in [2.05, 4.69) is 14.9 Å². The molecule has 0 aromatic carbocycles. The lowest BCUT2D eigenvalue weighted by Crippen LogP contribution is -2.36. The molecule has 0 radical (unpaired) electrons. The standard InChI is InChI=1S/C9H11N3O2/c13-9(14)7-2-3-10-8(11-7)6-12-4-1-5-12/h2-3H,1,4-6H2,(H,13,14). The molecule has 0 unspecified atom stereocenters. The Morgan fingerprint density at radius 1 is 1.57 bits per heavy atom. The van der Waals surface area contributed by atoms with Gasteiger partial charge in [-0.2, -0.15) is 0 Å². The Labute approximate surface area is 81.4 Å². The maximum Gasteiger partial charge on any atom is 0.354 e. The molecular weight excluding hydrogens is 182 g/mol. The predicted molar refractivity (Wildman–Crippen MR) is 48.9 cm³/mol. The lowest BCUT2D eigenvalue weighted by atomic mass is 10.2. The van der Waals surface area contributed by atoms with Crippen molar-refractivity contribution in [3.8, 4) is 0 Å². The minimum Gasteiger partial charge on any atom is -0.477 e. The summed E-state index contributed by atoms with van der Waals surface area (Å²) in [5.74, 6) is -0.415. The highest BCUT2D eigenvalue weighted by atomic mass is 16.4. The molecule has 1 aromatic rings. The topological polar surface area (TPSA) is 66.3 Å². The Hall–Kier alpha value is -1.49. The largest absolute Gasteiger partial charge is 0.477 e. The zero-order valence-corrected chi connectivity index (χ0v) is 7.68. The number of aromatic carboxylic acids is 1. The summed E-state index contributed by atoms with van der Waals surface area (Å²) in [5, 5.41) is 8.71. The lowest BCUT2D eigenvalue weighted by Gasteiger charge is -2.29. The second-order valence-corrected chi connectivity index (χ2v) is 3.29. The van der Waals surface area contributed by atoms with Crippen LogP contribution in [0.25, 0.3) is 0 Å². The Morgan fingerprint density at radius 3 is 2.93 bits per heavy atom. The number of rotatable bonds is 3. The van der Waals surface area contributed by atoms with E-state index in [9.17, 15) is 4.79 Å². The smallest absolute Gasteiger partial charge is 0.354 e. The molecular formula is C9H11N3O2. The van der Waals surface area contributed by atoms with Gasteiger partial charge in [0, 0.05) is 6.20 Å². The Balaban J connectivity index is 2.09. The maximum absolute atomic E-state index is 10.6. The van der Waals surface area contributed by atoms with Gasteiger partial charge in [0.25, 0.3) is 0 Å². The van der Waals surface area contributed by atoms with Crippen LogP contribution >= 0.6 is 0 Å². The van der Waals surface area contributed by atoms with Gasteiger partial charge >= 0.3 is 5.97 Å². The summed E-state index contributed by atoms with van der Waals surface area (Å²) >= 11 is 0. The number of aromatic nitrogens is 2. The summed E-state index contributed by atoms with van der Waals surface area (Å²) in [7, 11) is 0. The monoisotopic (exact) mass is 193 g/mol. The van der Waals surface area contributed by atoms with Crippen LogP contribution in [0.3, 0.4) is 0 Å². The summed E-state index contributed by atoms with van der Waals surface area (Å²) in [6.45, 7) is 2.77. The number of nitrogens with zero attached hydrogens (tertiary/aromatic N) is 3. The van der Waals surface area contributed by atoms with Gasteiger partial charge in [0.2, 0.25) is 0 Å². The van der Waals surface area contributed by atoms with Crippen molar-refractivity contribution in [3.63, 3.8) is 0 Å². The van der Waals surface area contributed by atoms with E-state index in [0.29, 0.717) is 12.4 Å². The van der Waals surface area contributed by atoms with E-state index in [-0.39, 0.29) is 5.69 Å². The van der Waals surface area contributed by atoms with Gasteiger partial charge in [0.15, 0.2) is 5.69 Å². The molecule has 1 aliphatic heterocycles. The van der Waals surface area contributed by atoms with Gasteiger partial charge in [-0.3, -0.25) is 4.90 Å². The molecule has 2 heterocycles. The third-order valence-electron chi connectivity index (χ3n) is 2.24. The number of likely N-dealkylation sites (tertiary alicyclic amines) is 1. The third kappa shape index (κ3) is 1.88.